The minimum atomic E-state index is -4.75. The monoisotopic (exact) mass is 531 g/mol. The molecule has 2 heterocycles. The highest BCUT2D eigenvalue weighted by Gasteiger charge is 2.50. The molecule has 1 aromatic carbocycles. The molecule has 188 valence electrons. The summed E-state index contributed by atoms with van der Waals surface area (Å²) in [6.45, 7) is 3.99. The number of halogens is 3. The van der Waals surface area contributed by atoms with Crippen LogP contribution in [-0.4, -0.2) is 33.2 Å². The van der Waals surface area contributed by atoms with E-state index in [1.54, 1.807) is 37.1 Å². The third-order valence-electron chi connectivity index (χ3n) is 5.94. The normalized spacial score (nSPS) is 15.1. The smallest absolute Gasteiger partial charge is 0.302 e. The van der Waals surface area contributed by atoms with E-state index in [1.807, 2.05) is 6.07 Å². The van der Waals surface area contributed by atoms with Gasteiger partial charge < -0.3 is 4.90 Å². The summed E-state index contributed by atoms with van der Waals surface area (Å²) in [6, 6.07) is 8.33. The van der Waals surface area contributed by atoms with Gasteiger partial charge >= 0.3 is 6.18 Å². The van der Waals surface area contributed by atoms with E-state index in [1.165, 1.54) is 6.07 Å². The number of nitriles is 1. The number of aryl methyl sites for hydroxylation is 1. The van der Waals surface area contributed by atoms with Gasteiger partial charge in [-0.2, -0.15) is 18.4 Å². The second kappa shape index (κ2) is 11.2. The van der Waals surface area contributed by atoms with Crippen LogP contribution in [-0.2, 0) is 17.4 Å². The lowest BCUT2D eigenvalue weighted by Gasteiger charge is -2.29. The van der Waals surface area contributed by atoms with Gasteiger partial charge in [-0.05, 0) is 87.9 Å². The van der Waals surface area contributed by atoms with Crippen LogP contribution in [0.4, 0.5) is 24.5 Å². The average molecular weight is 532 g/mol. The predicted octanol–water partition coefficient (Wildman–Crippen LogP) is 6.09. The number of alkyl halides is 3. The number of benzene rings is 1. The number of rotatable bonds is 9. The Kier molecular flexibility index (Phi) is 8.56. The highest BCUT2D eigenvalue weighted by atomic mass is 32.1. The molecule has 6 nitrogen and oxygen atoms in total. The van der Waals surface area contributed by atoms with E-state index >= 15 is 0 Å². The fourth-order valence-electron chi connectivity index (χ4n) is 4.05. The molecule has 36 heavy (non-hydrogen) atoms. The van der Waals surface area contributed by atoms with Gasteiger partial charge in [-0.25, -0.2) is 4.99 Å². The van der Waals surface area contributed by atoms with Gasteiger partial charge in [-0.1, -0.05) is 12.8 Å². The van der Waals surface area contributed by atoms with Crippen LogP contribution in [0.5, 0.6) is 0 Å². The lowest BCUT2D eigenvalue weighted by Crippen LogP contribution is -2.44. The van der Waals surface area contributed by atoms with Crippen LogP contribution in [0.1, 0.15) is 56.4 Å². The number of hydrogen-bond acceptors (Lipinski definition) is 6. The quantitative estimate of drug-likeness (QED) is 0.221. The third kappa shape index (κ3) is 5.78. The van der Waals surface area contributed by atoms with E-state index in [2.05, 4.69) is 27.4 Å². The van der Waals surface area contributed by atoms with Gasteiger partial charge in [0.05, 0.1) is 39.9 Å². The molecule has 0 atom stereocenters. The van der Waals surface area contributed by atoms with Crippen LogP contribution in [0, 0.1) is 11.3 Å². The van der Waals surface area contributed by atoms with Gasteiger partial charge in [0.15, 0.2) is 5.11 Å². The maximum absolute atomic E-state index is 13.5. The summed E-state index contributed by atoms with van der Waals surface area (Å²) in [4.78, 5) is 24.3. The van der Waals surface area contributed by atoms with Crippen LogP contribution in [0.25, 0.3) is 0 Å². The van der Waals surface area contributed by atoms with Crippen molar-refractivity contribution in [1.29, 1.82) is 5.26 Å². The molecule has 1 aliphatic heterocycles. The first-order valence-electron chi connectivity index (χ1n) is 11.3. The first-order chi connectivity index (χ1) is 17.0. The van der Waals surface area contributed by atoms with Gasteiger partial charge in [0.25, 0.3) is 5.91 Å². The summed E-state index contributed by atoms with van der Waals surface area (Å²) in [5.74, 6) is -0.479. The number of pyridine rings is 1. The summed E-state index contributed by atoms with van der Waals surface area (Å²) >= 11 is 10.1. The first kappa shape index (κ1) is 27.4. The molecule has 2 aromatic rings. The van der Waals surface area contributed by atoms with Crippen molar-refractivity contribution >= 4 is 52.0 Å². The summed E-state index contributed by atoms with van der Waals surface area (Å²) in [5.41, 5.74) is -1.39. The topological polar surface area (TPSA) is 72.6 Å². The third-order valence-corrected chi connectivity index (χ3v) is 6.43. The number of thiocarbonyl (C=S) groups is 2. The van der Waals surface area contributed by atoms with Crippen LogP contribution in [0.15, 0.2) is 41.5 Å². The van der Waals surface area contributed by atoms with Crippen molar-refractivity contribution in [1.82, 2.24) is 4.98 Å². The van der Waals surface area contributed by atoms with Gasteiger partial charge in [0, 0.05) is 12.2 Å². The lowest BCUT2D eigenvalue weighted by atomic mass is 10.0. The molecule has 3 rings (SSSR count). The van der Waals surface area contributed by atoms with Crippen LogP contribution < -0.4 is 9.80 Å². The SMILES string of the molecule is CC1(C)C(=O)N(c2ccc(C#N)c(C(F)(F)F)c2)C(=S)N1c1ccc(CCCCCCN=C=S)nc1. The Balaban J connectivity index is 1.78. The number of nitrogens with zero attached hydrogens (tertiary/aromatic N) is 5. The Hall–Kier alpha value is -3.19. The van der Waals surface area contributed by atoms with E-state index in [9.17, 15) is 18.0 Å². The van der Waals surface area contributed by atoms with Crippen molar-refractivity contribution < 1.29 is 18.0 Å². The average Bonchev–Trinajstić information content (AvgIpc) is 3.01. The van der Waals surface area contributed by atoms with E-state index in [4.69, 9.17) is 17.5 Å². The zero-order valence-corrected chi connectivity index (χ0v) is 21.4. The number of aliphatic imine (C=N–C) groups is 1. The zero-order valence-electron chi connectivity index (χ0n) is 19.8. The Labute approximate surface area is 218 Å². The van der Waals surface area contributed by atoms with Gasteiger partial charge in [-0.15, -0.1) is 0 Å². The summed E-state index contributed by atoms with van der Waals surface area (Å²) in [7, 11) is 0. The fraction of sp³-hybridized carbons (Fsp3) is 0.400. The van der Waals surface area contributed by atoms with Crippen molar-refractivity contribution in [2.45, 2.75) is 57.7 Å². The first-order valence-corrected chi connectivity index (χ1v) is 12.1. The molecule has 1 aromatic heterocycles. The number of carbonyl (C=O) groups excluding carboxylic acids is 1. The van der Waals surface area contributed by atoms with Gasteiger partial charge in [0.1, 0.15) is 5.54 Å². The van der Waals surface area contributed by atoms with Gasteiger partial charge in [0.2, 0.25) is 0 Å². The number of isothiocyanates is 1. The molecule has 1 fully saturated rings. The van der Waals surface area contributed by atoms with Crippen molar-refractivity contribution in [2.24, 2.45) is 4.99 Å². The van der Waals surface area contributed by atoms with Crippen LogP contribution >= 0.6 is 24.4 Å². The minimum Gasteiger partial charge on any atom is -0.302 e. The summed E-state index contributed by atoms with van der Waals surface area (Å²) in [6.07, 6.45) is 1.67. The van der Waals surface area contributed by atoms with Crippen molar-refractivity contribution in [3.05, 3.63) is 53.3 Å². The maximum atomic E-state index is 13.5. The Morgan fingerprint density at radius 3 is 2.42 bits per heavy atom. The minimum absolute atomic E-state index is 0.0383. The maximum Gasteiger partial charge on any atom is 0.417 e. The number of aromatic nitrogens is 1. The molecule has 0 unspecified atom stereocenters. The molecule has 0 spiro atoms. The standard InChI is InChI=1S/C25H24F3N5OS2/c1-24(2)22(34)32(19-10-8-17(14-29)21(13-19)25(26,27)28)23(36)33(24)20-11-9-18(31-15-20)7-5-3-4-6-12-30-16-35/h8-11,13,15H,3-7,12H2,1-2H3. The predicted molar refractivity (Wildman–Crippen MR) is 139 cm³/mol. The second-order valence-electron chi connectivity index (χ2n) is 8.80. The van der Waals surface area contributed by atoms with Crippen LogP contribution in [0.3, 0.4) is 0 Å². The molecule has 0 radical (unpaired) electrons. The van der Waals surface area contributed by atoms with E-state index < -0.39 is 28.7 Å². The molecular weight excluding hydrogens is 507 g/mol. The Morgan fingerprint density at radius 2 is 1.81 bits per heavy atom. The largest absolute Gasteiger partial charge is 0.417 e. The molecule has 0 bridgehead atoms. The van der Waals surface area contributed by atoms with Crippen molar-refractivity contribution in [3.63, 3.8) is 0 Å². The molecule has 0 saturated carbocycles. The molecule has 1 aliphatic rings. The molecule has 0 aliphatic carbocycles. The molecular formula is C25H24F3N5OS2. The van der Waals surface area contributed by atoms with Crippen LogP contribution in [0.2, 0.25) is 0 Å². The second-order valence-corrected chi connectivity index (χ2v) is 9.35. The summed E-state index contributed by atoms with van der Waals surface area (Å²) < 4.78 is 40.5. The zero-order chi connectivity index (χ0) is 26.5. The highest BCUT2D eigenvalue weighted by molar-refractivity contribution is 7.81. The number of hydrogen-bond donors (Lipinski definition) is 0. The van der Waals surface area contributed by atoms with Crippen molar-refractivity contribution in [3.8, 4) is 6.07 Å². The van der Waals surface area contributed by atoms with E-state index in [0.29, 0.717) is 12.2 Å². The molecule has 11 heteroatoms. The van der Waals surface area contributed by atoms with Crippen molar-refractivity contribution in [2.75, 3.05) is 16.3 Å². The molecule has 0 N–H and O–H groups in total. The number of amides is 1. The lowest BCUT2D eigenvalue weighted by molar-refractivity contribution is -0.137. The number of carbonyl (C=O) groups is 1. The van der Waals surface area contributed by atoms with E-state index in [-0.39, 0.29) is 10.8 Å². The van der Waals surface area contributed by atoms with E-state index in [0.717, 1.165) is 54.8 Å². The number of anilines is 2. The van der Waals surface area contributed by atoms with Gasteiger partial charge in [-0.3, -0.25) is 14.7 Å². The Morgan fingerprint density at radius 1 is 1.11 bits per heavy atom. The number of unbranched alkanes of at least 4 members (excludes halogenated alkanes) is 3. The summed E-state index contributed by atoms with van der Waals surface area (Å²) in [5, 5.41) is 11.5. The fourth-order valence-corrected chi connectivity index (χ4v) is 4.67. The Bertz CT molecular complexity index is 1230. The molecule has 1 amide bonds. The highest BCUT2D eigenvalue weighted by Crippen LogP contribution is 2.39. The molecule has 1 saturated heterocycles.